The fourth-order valence-corrected chi connectivity index (χ4v) is 21.8. The van der Waals surface area contributed by atoms with E-state index in [4.69, 9.17) is 0 Å². The second kappa shape index (κ2) is 9.83. The Balaban J connectivity index is 2.61. The summed E-state index contributed by atoms with van der Waals surface area (Å²) in [5.74, 6) is 0.712. The van der Waals surface area contributed by atoms with E-state index in [1.807, 2.05) is 0 Å². The first-order valence-corrected chi connectivity index (χ1v) is 18.0. The van der Waals surface area contributed by atoms with Gasteiger partial charge in [0.2, 0.25) is 0 Å². The molecule has 2 rings (SSSR count). The van der Waals surface area contributed by atoms with Gasteiger partial charge < -0.3 is 0 Å². The minimum absolute atomic E-state index is 0.492. The van der Waals surface area contributed by atoms with Crippen LogP contribution in [0.3, 0.4) is 0 Å². The molecule has 0 unspecified atom stereocenters. The molecule has 0 saturated carbocycles. The Morgan fingerprint density at radius 2 is 1.46 bits per heavy atom. The second-order valence-electron chi connectivity index (χ2n) is 7.92. The number of aromatic nitrogens is 2. The van der Waals surface area contributed by atoms with Crippen LogP contribution in [0.2, 0.25) is 13.3 Å². The first-order chi connectivity index (χ1) is 12.4. The predicted octanol–water partition coefficient (Wildman–Crippen LogP) is 6.29. The Hall–Kier alpha value is -0.201. The van der Waals surface area contributed by atoms with Gasteiger partial charge in [0.25, 0.3) is 0 Å². The average Bonchev–Trinajstić information content (AvgIpc) is 3.02. The molecule has 0 aromatic carbocycles. The molecule has 2 heterocycles. The van der Waals surface area contributed by atoms with Gasteiger partial charge in [0.1, 0.15) is 0 Å². The molecule has 1 aliphatic heterocycles. The standard InChI is InChI=1S/C8H8F3N2.3C4H9.Sn/c9-8(10,11)6-5-13-4-2-1-3-7(13)12-6;3*1-3-4-2;/h1-4H2;3*1,3-4H2,2H3;. The van der Waals surface area contributed by atoms with Gasteiger partial charge in [0.05, 0.1) is 0 Å². The van der Waals surface area contributed by atoms with Crippen LogP contribution >= 0.6 is 0 Å². The van der Waals surface area contributed by atoms with E-state index < -0.39 is 30.2 Å². The molecule has 0 atom stereocenters. The van der Waals surface area contributed by atoms with Crippen LogP contribution in [0.15, 0.2) is 0 Å². The van der Waals surface area contributed by atoms with E-state index in [-0.39, 0.29) is 0 Å². The summed E-state index contributed by atoms with van der Waals surface area (Å²) in [5, 5.41) is 0. The number of unbranched alkanes of at least 4 members (excludes halogenated alkanes) is 3. The van der Waals surface area contributed by atoms with Gasteiger partial charge in [-0.15, -0.1) is 0 Å². The van der Waals surface area contributed by atoms with Crippen molar-refractivity contribution < 1.29 is 13.2 Å². The van der Waals surface area contributed by atoms with E-state index >= 15 is 0 Å². The molecule has 0 spiro atoms. The molecule has 6 heteroatoms. The Morgan fingerprint density at radius 1 is 0.923 bits per heavy atom. The summed E-state index contributed by atoms with van der Waals surface area (Å²) in [6, 6.07) is 0. The maximum absolute atomic E-state index is 14.0. The van der Waals surface area contributed by atoms with Crippen LogP contribution in [0.25, 0.3) is 0 Å². The number of halogens is 3. The van der Waals surface area contributed by atoms with Crippen LogP contribution in [0.4, 0.5) is 13.2 Å². The molecule has 0 radical (unpaired) electrons. The van der Waals surface area contributed by atoms with Gasteiger partial charge >= 0.3 is 161 Å². The molecule has 1 aromatic heterocycles. The third-order valence-electron chi connectivity index (χ3n) is 5.88. The molecule has 1 aromatic rings. The summed E-state index contributed by atoms with van der Waals surface area (Å²) in [6.45, 7) is 7.23. The number of hydrogen-bond donors (Lipinski definition) is 0. The van der Waals surface area contributed by atoms with E-state index in [1.54, 1.807) is 0 Å². The first kappa shape index (κ1) is 22.1. The first-order valence-electron chi connectivity index (χ1n) is 10.6. The number of aryl methyl sites for hydroxylation is 1. The van der Waals surface area contributed by atoms with Crippen molar-refractivity contribution in [1.82, 2.24) is 9.55 Å². The third-order valence-corrected chi connectivity index (χ3v) is 21.4. The number of fused-ring (bicyclic) bond motifs is 1. The van der Waals surface area contributed by atoms with Crippen molar-refractivity contribution >= 4 is 22.1 Å². The van der Waals surface area contributed by atoms with Gasteiger partial charge in [-0.2, -0.15) is 0 Å². The predicted molar refractivity (Wildman–Crippen MR) is 105 cm³/mol. The van der Waals surface area contributed by atoms with Gasteiger partial charge in [-0.3, -0.25) is 0 Å². The van der Waals surface area contributed by atoms with Crippen molar-refractivity contribution in [3.8, 4) is 0 Å². The number of nitrogens with zero attached hydrogens (tertiary/aromatic N) is 2. The fourth-order valence-electron chi connectivity index (χ4n) is 4.49. The monoisotopic (exact) mass is 480 g/mol. The van der Waals surface area contributed by atoms with Crippen LogP contribution in [0, 0.1) is 0 Å². The maximum atomic E-state index is 14.0. The minimum atomic E-state index is -4.31. The van der Waals surface area contributed by atoms with Gasteiger partial charge in [-0.1, -0.05) is 0 Å². The summed E-state index contributed by atoms with van der Waals surface area (Å²) in [6.07, 6.45) is 4.77. The molecule has 26 heavy (non-hydrogen) atoms. The van der Waals surface area contributed by atoms with Crippen LogP contribution in [0.1, 0.15) is 83.7 Å². The van der Waals surface area contributed by atoms with Crippen molar-refractivity contribution in [2.75, 3.05) is 0 Å². The summed E-state index contributed by atoms with van der Waals surface area (Å²) < 4.78 is 47.9. The zero-order valence-electron chi connectivity index (χ0n) is 16.7. The van der Waals surface area contributed by atoms with E-state index in [0.717, 1.165) is 74.9 Å². The zero-order valence-corrected chi connectivity index (χ0v) is 19.6. The van der Waals surface area contributed by atoms with E-state index in [0.29, 0.717) is 12.2 Å². The van der Waals surface area contributed by atoms with E-state index in [1.165, 1.54) is 0 Å². The quantitative estimate of drug-likeness (QED) is 0.361. The summed E-state index contributed by atoms with van der Waals surface area (Å²) >= 11 is -3.19. The van der Waals surface area contributed by atoms with Crippen molar-refractivity contribution in [3.05, 3.63) is 11.5 Å². The molecule has 0 amide bonds. The third kappa shape index (κ3) is 4.99. The molecular formula is C20H35F3N2Sn. The van der Waals surface area contributed by atoms with Gasteiger partial charge in [-0.05, 0) is 0 Å². The van der Waals surface area contributed by atoms with Crippen molar-refractivity contribution in [2.45, 2.75) is 105 Å². The normalized spacial score (nSPS) is 15.3. The summed E-state index contributed by atoms with van der Waals surface area (Å²) in [7, 11) is 0. The number of alkyl halides is 3. The SMILES string of the molecule is CCC[CH2][Sn]([CH2]CCC)([CH2]CCC)[c]1c(C(F)(F)F)nc2n1CCCC2. The van der Waals surface area contributed by atoms with Crippen LogP contribution < -0.4 is 3.71 Å². The molecule has 0 bridgehead atoms. The number of rotatable bonds is 10. The van der Waals surface area contributed by atoms with Crippen molar-refractivity contribution in [3.63, 3.8) is 0 Å². The summed E-state index contributed by atoms with van der Waals surface area (Å²) in [5.41, 5.74) is -0.492. The molecule has 0 N–H and O–H groups in total. The van der Waals surface area contributed by atoms with Crippen molar-refractivity contribution in [1.29, 1.82) is 0 Å². The topological polar surface area (TPSA) is 17.8 Å². The van der Waals surface area contributed by atoms with E-state index in [2.05, 4.69) is 30.3 Å². The summed E-state index contributed by atoms with van der Waals surface area (Å²) in [4.78, 5) is 4.20. The zero-order chi connectivity index (χ0) is 19.2. The molecular weight excluding hydrogens is 444 g/mol. The van der Waals surface area contributed by atoms with E-state index in [9.17, 15) is 13.2 Å². The van der Waals surface area contributed by atoms with Crippen LogP contribution in [-0.2, 0) is 19.1 Å². The number of imidazole rings is 1. The Morgan fingerprint density at radius 3 is 1.92 bits per heavy atom. The van der Waals surface area contributed by atoms with Crippen molar-refractivity contribution in [2.24, 2.45) is 0 Å². The van der Waals surface area contributed by atoms with Gasteiger partial charge in [-0.25, -0.2) is 0 Å². The van der Waals surface area contributed by atoms with Gasteiger partial charge in [0, 0.05) is 0 Å². The van der Waals surface area contributed by atoms with Gasteiger partial charge in [0.15, 0.2) is 0 Å². The molecule has 0 aliphatic carbocycles. The second-order valence-corrected chi connectivity index (χ2v) is 20.9. The van der Waals surface area contributed by atoms with Crippen LogP contribution in [0.5, 0.6) is 0 Å². The molecule has 0 fully saturated rings. The Labute approximate surface area is 160 Å². The molecule has 1 aliphatic rings. The molecule has 150 valence electrons. The molecule has 0 saturated heterocycles. The number of hydrogen-bond acceptors (Lipinski definition) is 1. The Bertz CT molecular complexity index is 544. The molecule has 2 nitrogen and oxygen atoms in total. The Kier molecular flexibility index (Phi) is 8.35. The average molecular weight is 479 g/mol. The van der Waals surface area contributed by atoms with Crippen LogP contribution in [-0.4, -0.2) is 27.9 Å². The fraction of sp³-hybridized carbons (Fsp3) is 0.850.